The monoisotopic (exact) mass is 652 g/mol. The summed E-state index contributed by atoms with van der Waals surface area (Å²) in [7, 11) is 0. The van der Waals surface area contributed by atoms with Gasteiger partial charge in [0, 0.05) is 25.3 Å². The van der Waals surface area contributed by atoms with Gasteiger partial charge < -0.3 is 24.4 Å². The van der Waals surface area contributed by atoms with E-state index in [0.717, 1.165) is 57.3 Å². The molecule has 2 aliphatic rings. The predicted molar refractivity (Wildman–Crippen MR) is 175 cm³/mol. The molecule has 46 heavy (non-hydrogen) atoms. The van der Waals surface area contributed by atoms with Gasteiger partial charge in [-0.25, -0.2) is 9.48 Å². The Bertz CT molecular complexity index is 1540. The molecule has 246 valence electrons. The van der Waals surface area contributed by atoms with Crippen LogP contribution in [0.25, 0.3) is 5.69 Å². The fourth-order valence-corrected chi connectivity index (χ4v) is 5.69. The molecule has 2 aliphatic heterocycles. The number of aromatic nitrogens is 3. The molecule has 2 N–H and O–H groups in total. The van der Waals surface area contributed by atoms with Gasteiger partial charge in [-0.15, -0.1) is 5.10 Å². The molecular formula is C33H41ClN6O6. The van der Waals surface area contributed by atoms with Crippen LogP contribution in [0.4, 0.5) is 21.9 Å². The molecule has 2 saturated heterocycles. The summed E-state index contributed by atoms with van der Waals surface area (Å²) < 4.78 is 18.6. The maximum Gasteiger partial charge on any atom is 0.412 e. The van der Waals surface area contributed by atoms with Crippen molar-refractivity contribution >= 4 is 46.4 Å². The Morgan fingerprint density at radius 2 is 1.80 bits per heavy atom. The highest BCUT2D eigenvalue weighted by atomic mass is 35.5. The summed E-state index contributed by atoms with van der Waals surface area (Å²) in [5, 5.41) is 14.1. The molecule has 3 aromatic rings. The van der Waals surface area contributed by atoms with Crippen LogP contribution in [0.5, 0.6) is 0 Å². The molecule has 13 heteroatoms. The van der Waals surface area contributed by atoms with E-state index in [2.05, 4.69) is 25.8 Å². The maximum absolute atomic E-state index is 13.3. The summed E-state index contributed by atoms with van der Waals surface area (Å²) in [6, 6.07) is 10.1. The average Bonchev–Trinajstić information content (AvgIpc) is 3.50. The molecule has 5 rings (SSSR count). The number of halogens is 1. The number of nitrogens with zero attached hydrogens (tertiary/aromatic N) is 4. The van der Waals surface area contributed by atoms with Crippen LogP contribution in [0.3, 0.4) is 0 Å². The van der Waals surface area contributed by atoms with Crippen molar-refractivity contribution in [1.29, 1.82) is 0 Å². The van der Waals surface area contributed by atoms with Gasteiger partial charge in [0.1, 0.15) is 5.60 Å². The maximum atomic E-state index is 13.3. The van der Waals surface area contributed by atoms with Crippen LogP contribution in [-0.2, 0) is 25.6 Å². The molecule has 0 spiro atoms. The van der Waals surface area contributed by atoms with E-state index in [1.807, 2.05) is 0 Å². The number of carbonyl (C=O) groups excluding carboxylic acids is 3. The number of ketones is 1. The zero-order valence-electron chi connectivity index (χ0n) is 26.5. The van der Waals surface area contributed by atoms with Crippen LogP contribution in [0.2, 0.25) is 5.02 Å². The Morgan fingerprint density at radius 1 is 1.02 bits per heavy atom. The van der Waals surface area contributed by atoms with Crippen molar-refractivity contribution in [3.05, 3.63) is 58.9 Å². The summed E-state index contributed by atoms with van der Waals surface area (Å²) in [5.74, 6) is -0.961. The van der Waals surface area contributed by atoms with Crippen molar-refractivity contribution < 1.29 is 28.6 Å². The third-order valence-corrected chi connectivity index (χ3v) is 7.90. The van der Waals surface area contributed by atoms with Gasteiger partial charge in [0.25, 0.3) is 0 Å². The van der Waals surface area contributed by atoms with Crippen LogP contribution >= 0.6 is 11.6 Å². The number of amides is 2. The number of hydrogen-bond donors (Lipinski definition) is 2. The van der Waals surface area contributed by atoms with Gasteiger partial charge in [0.05, 0.1) is 52.7 Å². The Kier molecular flexibility index (Phi) is 10.9. The second-order valence-corrected chi connectivity index (χ2v) is 12.9. The Balaban J connectivity index is 1.28. The van der Waals surface area contributed by atoms with Gasteiger partial charge in [-0.05, 0) is 83.6 Å². The number of benzene rings is 2. The summed E-state index contributed by atoms with van der Waals surface area (Å²) in [4.78, 5) is 41.3. The number of rotatable bonds is 10. The van der Waals surface area contributed by atoms with Gasteiger partial charge in [-0.2, -0.15) is 0 Å². The van der Waals surface area contributed by atoms with Gasteiger partial charge in [0.2, 0.25) is 5.91 Å². The third-order valence-electron chi connectivity index (χ3n) is 7.60. The second-order valence-electron chi connectivity index (χ2n) is 12.5. The second kappa shape index (κ2) is 15.1. The number of ether oxygens (including phenoxy) is 3. The molecule has 2 aromatic carbocycles. The molecule has 3 heterocycles. The zero-order chi connectivity index (χ0) is 32.7. The van der Waals surface area contributed by atoms with Gasteiger partial charge in [-0.1, -0.05) is 28.9 Å². The van der Waals surface area contributed by atoms with E-state index in [0.29, 0.717) is 34.3 Å². The van der Waals surface area contributed by atoms with E-state index in [9.17, 15) is 14.4 Å². The number of anilines is 3. The van der Waals surface area contributed by atoms with Crippen LogP contribution in [0, 0.1) is 0 Å². The summed E-state index contributed by atoms with van der Waals surface area (Å²) >= 11 is 6.68. The molecule has 2 fully saturated rings. The molecule has 1 unspecified atom stereocenters. The van der Waals surface area contributed by atoms with Gasteiger partial charge >= 0.3 is 6.09 Å². The number of piperidine rings is 1. The Labute approximate surface area is 273 Å². The number of hydrogen-bond acceptors (Lipinski definition) is 9. The standard InChI is InChI=1S/C33H41ClN6O6/c1-33(2,3)46-32(43)37-27-18-28(39-13-6-4-7-14-39)25(34)17-26(27)36-30(42)19-29(41)22-10-9-11-23(16-22)40-24(20-35-38-40)21-45-31-12-5-8-15-44-31/h9-11,16-18,20,31H,4-8,12-15,19,21H2,1-3H3,(H,36,42)(H,37,43). The highest BCUT2D eigenvalue weighted by molar-refractivity contribution is 6.34. The van der Waals surface area contributed by atoms with Crippen molar-refractivity contribution in [3.63, 3.8) is 0 Å². The highest BCUT2D eigenvalue weighted by Gasteiger charge is 2.23. The largest absolute Gasteiger partial charge is 0.444 e. The highest BCUT2D eigenvalue weighted by Crippen LogP contribution is 2.37. The quantitative estimate of drug-likeness (QED) is 0.185. The number of carbonyl (C=O) groups is 3. The van der Waals surface area contributed by atoms with Crippen molar-refractivity contribution in [2.45, 2.75) is 84.2 Å². The van der Waals surface area contributed by atoms with Gasteiger partial charge in [0.15, 0.2) is 12.1 Å². The SMILES string of the molecule is CC(C)(C)OC(=O)Nc1cc(N2CCCCC2)c(Cl)cc1NC(=O)CC(=O)c1cccc(-n2nncc2COC2CCCCO2)c1. The molecule has 1 atom stereocenters. The van der Waals surface area contributed by atoms with Crippen LogP contribution in [0.1, 0.15) is 81.8 Å². The van der Waals surface area contributed by atoms with Crippen molar-refractivity contribution in [1.82, 2.24) is 15.0 Å². The fourth-order valence-electron chi connectivity index (χ4n) is 5.41. The summed E-state index contributed by atoms with van der Waals surface area (Å²) in [6.07, 6.45) is 6.37. The van der Waals surface area contributed by atoms with E-state index < -0.39 is 29.8 Å². The van der Waals surface area contributed by atoms with E-state index in [1.54, 1.807) is 68.0 Å². The molecule has 0 saturated carbocycles. The lowest BCUT2D eigenvalue weighted by molar-refractivity contribution is -0.169. The summed E-state index contributed by atoms with van der Waals surface area (Å²) in [6.45, 7) is 7.89. The lowest BCUT2D eigenvalue weighted by Gasteiger charge is -2.30. The lowest BCUT2D eigenvalue weighted by Crippen LogP contribution is -2.30. The number of Topliss-reactive ketones (excluding diaryl/α,β-unsaturated/α-hetero) is 1. The van der Waals surface area contributed by atoms with E-state index in [4.69, 9.17) is 25.8 Å². The smallest absolute Gasteiger partial charge is 0.412 e. The minimum absolute atomic E-state index is 0.247. The van der Waals surface area contributed by atoms with Crippen LogP contribution < -0.4 is 15.5 Å². The minimum Gasteiger partial charge on any atom is -0.444 e. The first kappa shape index (κ1) is 33.4. The first-order valence-electron chi connectivity index (χ1n) is 15.7. The molecular weight excluding hydrogens is 612 g/mol. The van der Waals surface area contributed by atoms with Crippen molar-refractivity contribution in [2.75, 3.05) is 35.2 Å². The Hall–Kier alpha value is -4.00. The van der Waals surface area contributed by atoms with E-state index in [-0.39, 0.29) is 18.6 Å². The summed E-state index contributed by atoms with van der Waals surface area (Å²) in [5.41, 5.74) is 2.25. The van der Waals surface area contributed by atoms with Crippen LogP contribution in [0.15, 0.2) is 42.6 Å². The molecule has 1 aromatic heterocycles. The topological polar surface area (TPSA) is 137 Å². The third kappa shape index (κ3) is 9.05. The molecule has 12 nitrogen and oxygen atoms in total. The molecule has 0 bridgehead atoms. The van der Waals surface area contributed by atoms with E-state index >= 15 is 0 Å². The zero-order valence-corrected chi connectivity index (χ0v) is 27.3. The van der Waals surface area contributed by atoms with Crippen molar-refractivity contribution in [3.8, 4) is 5.69 Å². The predicted octanol–water partition coefficient (Wildman–Crippen LogP) is 6.51. The van der Waals surface area contributed by atoms with Gasteiger partial charge in [-0.3, -0.25) is 14.9 Å². The average molecular weight is 653 g/mol. The first-order valence-corrected chi connectivity index (χ1v) is 16.1. The van der Waals surface area contributed by atoms with E-state index in [1.165, 1.54) is 0 Å². The lowest BCUT2D eigenvalue weighted by atomic mass is 10.1. The number of nitrogens with one attached hydrogen (secondary N) is 2. The molecule has 2 amide bonds. The fraction of sp³-hybridized carbons (Fsp3) is 0.485. The molecule has 0 aliphatic carbocycles. The Morgan fingerprint density at radius 3 is 2.54 bits per heavy atom. The minimum atomic E-state index is -0.722. The molecule has 0 radical (unpaired) electrons. The normalized spacial score (nSPS) is 17.0. The van der Waals surface area contributed by atoms with Crippen molar-refractivity contribution in [2.24, 2.45) is 0 Å². The first-order chi connectivity index (χ1) is 22.1. The van der Waals surface area contributed by atoms with Crippen LogP contribution in [-0.4, -0.2) is 64.4 Å².